The molecule has 0 aromatic heterocycles. The van der Waals surface area contributed by atoms with E-state index in [0.717, 1.165) is 19.4 Å². The van der Waals surface area contributed by atoms with Crippen molar-refractivity contribution in [2.75, 3.05) is 6.54 Å². The van der Waals surface area contributed by atoms with Gasteiger partial charge in [-0.3, -0.25) is 4.79 Å². The van der Waals surface area contributed by atoms with Gasteiger partial charge in [0.05, 0.1) is 0 Å². The molecule has 0 spiro atoms. The van der Waals surface area contributed by atoms with Crippen molar-refractivity contribution in [3.8, 4) is 0 Å². The first-order valence-electron chi connectivity index (χ1n) is 4.46. The van der Waals surface area contributed by atoms with Gasteiger partial charge in [-0.1, -0.05) is 0 Å². The van der Waals surface area contributed by atoms with E-state index in [1.807, 2.05) is 0 Å². The molecule has 1 atom stereocenters. The number of hydrogen-bond donors (Lipinski definition) is 2. The lowest BCUT2D eigenvalue weighted by molar-refractivity contribution is -0.138. The molecule has 70 valence electrons. The van der Waals surface area contributed by atoms with Crippen LogP contribution in [0.1, 0.15) is 33.1 Å². The fraction of sp³-hybridized carbons (Fsp3) is 0.889. The van der Waals surface area contributed by atoms with E-state index < -0.39 is 5.97 Å². The zero-order valence-electron chi connectivity index (χ0n) is 7.76. The number of hydrogen-bond acceptors (Lipinski definition) is 2. The minimum absolute atomic E-state index is 0.123. The zero-order chi connectivity index (χ0) is 9.19. The summed E-state index contributed by atoms with van der Waals surface area (Å²) in [5.74, 6) is -0.309. The van der Waals surface area contributed by atoms with Crippen molar-refractivity contribution >= 4 is 5.97 Å². The van der Waals surface area contributed by atoms with Gasteiger partial charge in [0, 0.05) is 12.0 Å². The van der Waals surface area contributed by atoms with E-state index >= 15 is 0 Å². The van der Waals surface area contributed by atoms with Crippen molar-refractivity contribution in [1.82, 2.24) is 5.32 Å². The number of carboxylic acid groups (broad SMARTS) is 1. The van der Waals surface area contributed by atoms with Crippen LogP contribution in [0.2, 0.25) is 0 Å². The maximum absolute atomic E-state index is 10.5. The topological polar surface area (TPSA) is 49.3 Å². The molecule has 12 heavy (non-hydrogen) atoms. The third-order valence-electron chi connectivity index (χ3n) is 2.42. The molecule has 0 amide bonds. The number of aliphatic carboxylic acids is 1. The molecule has 0 aliphatic carbocycles. The highest BCUT2D eigenvalue weighted by Gasteiger charge is 2.28. The van der Waals surface area contributed by atoms with E-state index in [9.17, 15) is 4.79 Å². The van der Waals surface area contributed by atoms with Crippen LogP contribution in [0, 0.1) is 5.92 Å². The molecule has 1 rings (SSSR count). The number of nitrogens with one attached hydrogen (secondary N) is 1. The highest BCUT2D eigenvalue weighted by molar-refractivity contribution is 5.67. The summed E-state index contributed by atoms with van der Waals surface area (Å²) in [5, 5.41) is 12.0. The van der Waals surface area contributed by atoms with Crippen molar-refractivity contribution in [3.05, 3.63) is 0 Å². The lowest BCUT2D eigenvalue weighted by Crippen LogP contribution is -2.46. The van der Waals surface area contributed by atoms with E-state index in [-0.39, 0.29) is 5.54 Å². The Hall–Kier alpha value is -0.570. The van der Waals surface area contributed by atoms with Crippen molar-refractivity contribution in [2.24, 2.45) is 5.92 Å². The van der Waals surface area contributed by atoms with Gasteiger partial charge in [0.2, 0.25) is 0 Å². The normalized spacial score (nSPS) is 28.3. The molecule has 1 aliphatic rings. The number of piperidine rings is 1. The summed E-state index contributed by atoms with van der Waals surface area (Å²) in [6, 6.07) is 0. The summed E-state index contributed by atoms with van der Waals surface area (Å²) in [6.45, 7) is 5.20. The molecule has 0 bridgehead atoms. The molecule has 1 aliphatic heterocycles. The molecular formula is C9H17NO2. The minimum Gasteiger partial charge on any atom is -0.481 e. The Balaban J connectivity index is 2.41. The van der Waals surface area contributed by atoms with Gasteiger partial charge in [0.1, 0.15) is 0 Å². The second-order valence-corrected chi connectivity index (χ2v) is 4.27. The molecule has 0 aromatic rings. The fourth-order valence-corrected chi connectivity index (χ4v) is 1.93. The lowest BCUT2D eigenvalue weighted by atomic mass is 9.83. The molecule has 0 aromatic carbocycles. The van der Waals surface area contributed by atoms with E-state index in [1.165, 1.54) is 0 Å². The Labute approximate surface area is 73.2 Å². The van der Waals surface area contributed by atoms with Crippen molar-refractivity contribution < 1.29 is 9.90 Å². The first-order valence-corrected chi connectivity index (χ1v) is 4.46. The fourth-order valence-electron chi connectivity index (χ4n) is 1.93. The van der Waals surface area contributed by atoms with E-state index in [4.69, 9.17) is 5.11 Å². The molecule has 1 unspecified atom stereocenters. The van der Waals surface area contributed by atoms with Gasteiger partial charge in [0.15, 0.2) is 0 Å². The maximum Gasteiger partial charge on any atom is 0.303 e. The van der Waals surface area contributed by atoms with E-state index in [0.29, 0.717) is 12.3 Å². The van der Waals surface area contributed by atoms with Gasteiger partial charge in [-0.05, 0) is 39.2 Å². The van der Waals surface area contributed by atoms with Crippen LogP contribution in [0.25, 0.3) is 0 Å². The number of carboxylic acids is 1. The van der Waals surface area contributed by atoms with Gasteiger partial charge in [0.25, 0.3) is 0 Å². The SMILES string of the molecule is CC1(C)CC(CC(=O)O)CCN1. The number of carbonyl (C=O) groups is 1. The van der Waals surface area contributed by atoms with Gasteiger partial charge in [-0.2, -0.15) is 0 Å². The Kier molecular flexibility index (Phi) is 2.73. The quantitative estimate of drug-likeness (QED) is 0.657. The molecule has 0 saturated carbocycles. The summed E-state index contributed by atoms with van der Waals surface area (Å²) in [6.07, 6.45) is 2.29. The predicted octanol–water partition coefficient (Wildman–Crippen LogP) is 1.24. The van der Waals surface area contributed by atoms with Crippen molar-refractivity contribution in [2.45, 2.75) is 38.6 Å². The Morgan fingerprint density at radius 3 is 2.83 bits per heavy atom. The largest absolute Gasteiger partial charge is 0.481 e. The molecule has 0 radical (unpaired) electrons. The standard InChI is InChI=1S/C9H17NO2/c1-9(2)6-7(3-4-10-9)5-8(11)12/h7,10H,3-6H2,1-2H3,(H,11,12). The minimum atomic E-state index is -0.669. The first-order chi connectivity index (χ1) is 5.49. The Morgan fingerprint density at radius 1 is 1.67 bits per heavy atom. The maximum atomic E-state index is 10.5. The van der Waals surface area contributed by atoms with Crippen LogP contribution in [0.4, 0.5) is 0 Å². The monoisotopic (exact) mass is 171 g/mol. The summed E-state index contributed by atoms with van der Waals surface area (Å²) in [5.41, 5.74) is 0.123. The second kappa shape index (κ2) is 3.44. The molecule has 1 saturated heterocycles. The summed E-state index contributed by atoms with van der Waals surface area (Å²) < 4.78 is 0. The van der Waals surface area contributed by atoms with Crippen LogP contribution in [0.3, 0.4) is 0 Å². The smallest absolute Gasteiger partial charge is 0.303 e. The summed E-state index contributed by atoms with van der Waals surface area (Å²) in [4.78, 5) is 10.5. The van der Waals surface area contributed by atoms with Gasteiger partial charge in [-0.25, -0.2) is 0 Å². The van der Waals surface area contributed by atoms with Crippen LogP contribution in [-0.2, 0) is 4.79 Å². The average molecular weight is 171 g/mol. The van der Waals surface area contributed by atoms with Gasteiger partial charge in [-0.15, -0.1) is 0 Å². The van der Waals surface area contributed by atoms with E-state index in [1.54, 1.807) is 0 Å². The molecule has 3 nitrogen and oxygen atoms in total. The molecule has 2 N–H and O–H groups in total. The molecule has 3 heteroatoms. The lowest BCUT2D eigenvalue weighted by Gasteiger charge is -2.35. The Morgan fingerprint density at radius 2 is 2.33 bits per heavy atom. The van der Waals surface area contributed by atoms with Gasteiger partial charge >= 0.3 is 5.97 Å². The highest BCUT2D eigenvalue weighted by Crippen LogP contribution is 2.25. The van der Waals surface area contributed by atoms with Crippen molar-refractivity contribution in [1.29, 1.82) is 0 Å². The van der Waals surface area contributed by atoms with Crippen LogP contribution >= 0.6 is 0 Å². The highest BCUT2D eigenvalue weighted by atomic mass is 16.4. The van der Waals surface area contributed by atoms with Gasteiger partial charge < -0.3 is 10.4 Å². The predicted molar refractivity (Wildman–Crippen MR) is 47.1 cm³/mol. The molecule has 1 fully saturated rings. The van der Waals surface area contributed by atoms with Crippen LogP contribution < -0.4 is 5.32 Å². The van der Waals surface area contributed by atoms with Crippen LogP contribution in [-0.4, -0.2) is 23.2 Å². The Bertz CT molecular complexity index is 177. The first kappa shape index (κ1) is 9.52. The second-order valence-electron chi connectivity index (χ2n) is 4.27. The van der Waals surface area contributed by atoms with Crippen LogP contribution in [0.5, 0.6) is 0 Å². The molecule has 1 heterocycles. The van der Waals surface area contributed by atoms with E-state index in [2.05, 4.69) is 19.2 Å². The zero-order valence-corrected chi connectivity index (χ0v) is 7.76. The third-order valence-corrected chi connectivity index (χ3v) is 2.42. The summed E-state index contributed by atoms with van der Waals surface area (Å²) in [7, 11) is 0. The average Bonchev–Trinajstić information content (AvgIpc) is 1.82. The van der Waals surface area contributed by atoms with Crippen LogP contribution in [0.15, 0.2) is 0 Å². The summed E-state index contributed by atoms with van der Waals surface area (Å²) >= 11 is 0. The molecular weight excluding hydrogens is 154 g/mol. The third kappa shape index (κ3) is 2.81. The number of rotatable bonds is 2. The van der Waals surface area contributed by atoms with Crippen molar-refractivity contribution in [3.63, 3.8) is 0 Å².